The zero-order chi connectivity index (χ0) is 22.1. The predicted molar refractivity (Wildman–Crippen MR) is 105 cm³/mol. The van der Waals surface area contributed by atoms with Crippen LogP contribution in [0.1, 0.15) is 52.9 Å². The minimum absolute atomic E-state index is 0.0121. The average molecular weight is 420 g/mol. The third kappa shape index (κ3) is 2.39. The van der Waals surface area contributed by atoms with Crippen molar-refractivity contribution in [3.05, 3.63) is 23.8 Å². The highest BCUT2D eigenvalue weighted by molar-refractivity contribution is 6.37. The predicted octanol–water partition coefficient (Wildman–Crippen LogP) is 2.22. The first-order valence-electron chi connectivity index (χ1n) is 10.7. The molecule has 164 valence electrons. The number of ketones is 2. The number of carbonyl (C=O) groups is 3. The summed E-state index contributed by atoms with van der Waals surface area (Å²) in [5, 5.41) is 22.5. The van der Waals surface area contributed by atoms with Crippen LogP contribution in [0.5, 0.6) is 0 Å². The minimum atomic E-state index is -2.03. The SMILES string of the molecule is CCOC(=O)C(=O)[C@@]1(O)CC[C@H]2[C@@H]3CCC4=CC(=O)C=C[C@]4(C)[C@@]3(F)[C@@H](O)C[C@@]21C. The Morgan fingerprint density at radius 3 is 2.63 bits per heavy atom. The minimum Gasteiger partial charge on any atom is -0.460 e. The number of rotatable bonds is 3. The number of carbonyl (C=O) groups excluding carboxylic acids is 3. The van der Waals surface area contributed by atoms with E-state index in [2.05, 4.69) is 0 Å². The quantitative estimate of drug-likeness (QED) is 0.536. The van der Waals surface area contributed by atoms with Crippen LogP contribution in [0.25, 0.3) is 0 Å². The second kappa shape index (κ2) is 6.57. The highest BCUT2D eigenvalue weighted by atomic mass is 19.1. The van der Waals surface area contributed by atoms with Gasteiger partial charge in [0.25, 0.3) is 5.78 Å². The van der Waals surface area contributed by atoms with Gasteiger partial charge in [-0.3, -0.25) is 9.59 Å². The summed E-state index contributed by atoms with van der Waals surface area (Å²) in [4.78, 5) is 36.8. The molecule has 30 heavy (non-hydrogen) atoms. The number of alkyl halides is 1. The Labute approximate surface area is 175 Å². The average Bonchev–Trinajstić information content (AvgIpc) is 2.95. The number of esters is 1. The molecule has 4 rings (SSSR count). The van der Waals surface area contributed by atoms with Crippen LogP contribution < -0.4 is 0 Å². The molecule has 0 spiro atoms. The Bertz CT molecular complexity index is 879. The third-order valence-corrected chi connectivity index (χ3v) is 8.63. The zero-order valence-corrected chi connectivity index (χ0v) is 17.6. The highest BCUT2D eigenvalue weighted by Gasteiger charge is 2.74. The summed E-state index contributed by atoms with van der Waals surface area (Å²) in [7, 11) is 0. The molecular weight excluding hydrogens is 391 g/mol. The third-order valence-electron chi connectivity index (χ3n) is 8.63. The van der Waals surface area contributed by atoms with Crippen molar-refractivity contribution in [2.45, 2.75) is 70.2 Å². The van der Waals surface area contributed by atoms with Crippen molar-refractivity contribution in [3.8, 4) is 0 Å². The van der Waals surface area contributed by atoms with E-state index in [-0.39, 0.29) is 25.2 Å². The number of hydrogen-bond acceptors (Lipinski definition) is 6. The number of Topliss-reactive ketones (excluding diaryl/α,β-unsaturated/α-hetero) is 1. The number of aliphatic hydroxyl groups excluding tert-OH is 1. The summed E-state index contributed by atoms with van der Waals surface area (Å²) in [6.07, 6.45) is 4.07. The number of allylic oxidation sites excluding steroid dienone is 4. The molecule has 0 amide bonds. The fourth-order valence-electron chi connectivity index (χ4n) is 6.95. The van der Waals surface area contributed by atoms with Crippen molar-refractivity contribution in [1.82, 2.24) is 0 Å². The molecule has 0 aliphatic heterocycles. The Hall–Kier alpha value is -1.86. The summed E-state index contributed by atoms with van der Waals surface area (Å²) < 4.78 is 21.7. The lowest BCUT2D eigenvalue weighted by Gasteiger charge is -2.62. The van der Waals surface area contributed by atoms with E-state index in [1.54, 1.807) is 26.8 Å². The normalized spacial score (nSPS) is 47.1. The molecule has 0 heterocycles. The molecule has 3 saturated carbocycles. The van der Waals surface area contributed by atoms with Gasteiger partial charge in [-0.15, -0.1) is 0 Å². The molecule has 7 heteroatoms. The fraction of sp³-hybridized carbons (Fsp3) is 0.696. The molecule has 0 saturated heterocycles. The van der Waals surface area contributed by atoms with Gasteiger partial charge in [0.1, 0.15) is 5.60 Å². The number of fused-ring (bicyclic) bond motifs is 5. The van der Waals surface area contributed by atoms with Crippen molar-refractivity contribution in [1.29, 1.82) is 0 Å². The van der Waals surface area contributed by atoms with E-state index in [0.29, 0.717) is 24.8 Å². The summed E-state index contributed by atoms with van der Waals surface area (Å²) in [6.45, 7) is 4.98. The van der Waals surface area contributed by atoms with Crippen LogP contribution in [0.15, 0.2) is 23.8 Å². The van der Waals surface area contributed by atoms with E-state index >= 15 is 4.39 Å². The van der Waals surface area contributed by atoms with Gasteiger partial charge in [0.15, 0.2) is 11.5 Å². The van der Waals surface area contributed by atoms with Gasteiger partial charge in [0.2, 0.25) is 0 Å². The van der Waals surface area contributed by atoms with Gasteiger partial charge in [-0.25, -0.2) is 9.18 Å². The van der Waals surface area contributed by atoms with Gasteiger partial charge in [0.05, 0.1) is 12.7 Å². The van der Waals surface area contributed by atoms with Crippen LogP contribution in [0.3, 0.4) is 0 Å². The maximum absolute atomic E-state index is 16.9. The number of halogens is 1. The molecule has 7 atom stereocenters. The van der Waals surface area contributed by atoms with Gasteiger partial charge >= 0.3 is 5.97 Å². The molecule has 0 unspecified atom stereocenters. The molecule has 4 aliphatic rings. The smallest absolute Gasteiger partial charge is 0.377 e. The summed E-state index contributed by atoms with van der Waals surface area (Å²) in [5.74, 6) is -3.30. The van der Waals surface area contributed by atoms with Gasteiger partial charge in [0, 0.05) is 16.7 Å². The van der Waals surface area contributed by atoms with Crippen LogP contribution in [0, 0.1) is 22.7 Å². The van der Waals surface area contributed by atoms with Crippen LogP contribution in [-0.4, -0.2) is 51.7 Å². The van der Waals surface area contributed by atoms with Gasteiger partial charge in [-0.1, -0.05) is 18.6 Å². The molecular formula is C23H29FO6. The summed E-state index contributed by atoms with van der Waals surface area (Å²) in [5.41, 5.74) is -5.64. The maximum Gasteiger partial charge on any atom is 0.377 e. The van der Waals surface area contributed by atoms with E-state index in [0.717, 1.165) is 0 Å². The van der Waals surface area contributed by atoms with E-state index in [4.69, 9.17) is 4.74 Å². The van der Waals surface area contributed by atoms with Crippen molar-refractivity contribution in [2.75, 3.05) is 6.61 Å². The number of ether oxygens (including phenoxy) is 1. The molecule has 3 fully saturated rings. The van der Waals surface area contributed by atoms with Crippen LogP contribution in [0.4, 0.5) is 4.39 Å². The lowest BCUT2D eigenvalue weighted by atomic mass is 9.44. The van der Waals surface area contributed by atoms with Crippen molar-refractivity contribution in [3.63, 3.8) is 0 Å². The molecule has 0 bridgehead atoms. The second-order valence-electron chi connectivity index (χ2n) is 9.71. The molecule has 6 nitrogen and oxygen atoms in total. The molecule has 0 aromatic heterocycles. The highest BCUT2D eigenvalue weighted by Crippen LogP contribution is 2.69. The molecule has 4 aliphatic carbocycles. The lowest BCUT2D eigenvalue weighted by Crippen LogP contribution is -2.69. The standard InChI is InChI=1S/C23H29FO6/c1-4-30-19(28)18(27)22(29)10-8-15-16-6-5-13-11-14(25)7-9-20(13,2)23(16,24)17(26)12-21(15,22)3/h7,9,11,15-17,26,29H,4-6,8,10,12H2,1-3H3/t15-,16-,17-,20-,21-,22-,23-/m0/s1. The Kier molecular flexibility index (Phi) is 4.68. The first-order valence-corrected chi connectivity index (χ1v) is 10.7. The Morgan fingerprint density at radius 2 is 1.97 bits per heavy atom. The largest absolute Gasteiger partial charge is 0.460 e. The van der Waals surface area contributed by atoms with E-state index in [9.17, 15) is 24.6 Å². The van der Waals surface area contributed by atoms with Crippen LogP contribution in [0.2, 0.25) is 0 Å². The Morgan fingerprint density at radius 1 is 1.27 bits per heavy atom. The molecule has 0 radical (unpaired) electrons. The topological polar surface area (TPSA) is 101 Å². The van der Waals surface area contributed by atoms with Gasteiger partial charge in [-0.05, 0) is 64.0 Å². The second-order valence-corrected chi connectivity index (χ2v) is 9.71. The molecule has 2 N–H and O–H groups in total. The molecule has 0 aromatic rings. The van der Waals surface area contributed by atoms with Crippen molar-refractivity contribution < 1.29 is 33.7 Å². The van der Waals surface area contributed by atoms with Gasteiger partial charge < -0.3 is 14.9 Å². The number of aliphatic hydroxyl groups is 2. The maximum atomic E-state index is 16.9. The summed E-state index contributed by atoms with van der Waals surface area (Å²) in [6, 6.07) is 0. The first kappa shape index (κ1) is 21.4. The van der Waals surface area contributed by atoms with E-state index < -0.39 is 51.8 Å². The summed E-state index contributed by atoms with van der Waals surface area (Å²) >= 11 is 0. The van der Waals surface area contributed by atoms with Gasteiger partial charge in [-0.2, -0.15) is 0 Å². The van der Waals surface area contributed by atoms with Crippen LogP contribution >= 0.6 is 0 Å². The van der Waals surface area contributed by atoms with E-state index in [1.165, 1.54) is 12.2 Å². The first-order chi connectivity index (χ1) is 14.0. The lowest BCUT2D eigenvalue weighted by molar-refractivity contribution is -0.217. The van der Waals surface area contributed by atoms with Crippen molar-refractivity contribution >= 4 is 17.5 Å². The number of hydrogen-bond donors (Lipinski definition) is 2. The molecule has 0 aromatic carbocycles. The van der Waals surface area contributed by atoms with Crippen LogP contribution in [-0.2, 0) is 19.1 Å². The monoisotopic (exact) mass is 420 g/mol. The fourth-order valence-corrected chi connectivity index (χ4v) is 6.95. The Balaban J connectivity index is 1.76. The van der Waals surface area contributed by atoms with Crippen molar-refractivity contribution in [2.24, 2.45) is 22.7 Å². The zero-order valence-electron chi connectivity index (χ0n) is 17.6. The van der Waals surface area contributed by atoms with E-state index in [1.807, 2.05) is 0 Å².